The summed E-state index contributed by atoms with van der Waals surface area (Å²) in [5.74, 6) is 1.48. The summed E-state index contributed by atoms with van der Waals surface area (Å²) < 4.78 is 0. The van der Waals surface area contributed by atoms with Crippen molar-refractivity contribution in [1.82, 2.24) is 0 Å². The van der Waals surface area contributed by atoms with Crippen molar-refractivity contribution in [2.45, 2.75) is 32.2 Å². The minimum absolute atomic E-state index is 0.491. The second-order valence-corrected chi connectivity index (χ2v) is 4.23. The first-order chi connectivity index (χ1) is 7.31. The Morgan fingerprint density at radius 3 is 2.80 bits per heavy atom. The van der Waals surface area contributed by atoms with Gasteiger partial charge in [-0.15, -0.1) is 0 Å². The van der Waals surface area contributed by atoms with E-state index in [0.29, 0.717) is 11.9 Å². The highest BCUT2D eigenvalue weighted by atomic mass is 14.9. The summed E-state index contributed by atoms with van der Waals surface area (Å²) in [4.78, 5) is 4.55. The molecule has 0 radical (unpaired) electrons. The van der Waals surface area contributed by atoms with Crippen molar-refractivity contribution >= 4 is 5.84 Å². The molecule has 2 unspecified atom stereocenters. The van der Waals surface area contributed by atoms with Crippen LogP contribution in [0.4, 0.5) is 0 Å². The second kappa shape index (κ2) is 4.47. The van der Waals surface area contributed by atoms with Gasteiger partial charge >= 0.3 is 0 Å². The van der Waals surface area contributed by atoms with Crippen molar-refractivity contribution in [3.8, 4) is 0 Å². The molecule has 0 bridgehead atoms. The molecular formula is C13H18N2. The minimum Gasteiger partial charge on any atom is -0.383 e. The Hall–Kier alpha value is -1.31. The van der Waals surface area contributed by atoms with Crippen LogP contribution in [0.15, 0.2) is 35.3 Å². The fourth-order valence-corrected chi connectivity index (χ4v) is 1.93. The zero-order valence-electron chi connectivity index (χ0n) is 9.19. The molecule has 1 saturated carbocycles. The predicted molar refractivity (Wildman–Crippen MR) is 64.0 cm³/mol. The summed E-state index contributed by atoms with van der Waals surface area (Å²) in [5, 5.41) is 0. The smallest absolute Gasteiger partial charge is 0.125 e. The van der Waals surface area contributed by atoms with Crippen molar-refractivity contribution in [2.75, 3.05) is 0 Å². The van der Waals surface area contributed by atoms with Gasteiger partial charge in [-0.3, -0.25) is 4.99 Å². The first kappa shape index (κ1) is 10.2. The van der Waals surface area contributed by atoms with E-state index in [1.54, 1.807) is 0 Å². The average Bonchev–Trinajstić information content (AvgIpc) is 2.98. The molecule has 2 nitrogen and oxygen atoms in total. The Kier molecular flexibility index (Phi) is 3.05. The highest BCUT2D eigenvalue weighted by Gasteiger charge is 2.35. The van der Waals surface area contributed by atoms with E-state index >= 15 is 0 Å². The average molecular weight is 202 g/mol. The van der Waals surface area contributed by atoms with E-state index in [1.165, 1.54) is 19.3 Å². The number of hydrogen-bond acceptors (Lipinski definition) is 1. The molecule has 1 aliphatic carbocycles. The second-order valence-electron chi connectivity index (χ2n) is 4.23. The van der Waals surface area contributed by atoms with E-state index in [9.17, 15) is 0 Å². The summed E-state index contributed by atoms with van der Waals surface area (Å²) >= 11 is 0. The van der Waals surface area contributed by atoms with E-state index in [1.807, 2.05) is 30.3 Å². The topological polar surface area (TPSA) is 38.4 Å². The number of benzene rings is 1. The summed E-state index contributed by atoms with van der Waals surface area (Å²) in [6.45, 7) is 2.22. The number of nitrogens with zero attached hydrogens (tertiary/aromatic N) is 1. The zero-order chi connectivity index (χ0) is 10.7. The number of nitrogens with two attached hydrogens (primary N) is 1. The van der Waals surface area contributed by atoms with Crippen molar-refractivity contribution < 1.29 is 0 Å². The maximum Gasteiger partial charge on any atom is 0.125 e. The van der Waals surface area contributed by atoms with Crippen LogP contribution in [-0.2, 0) is 0 Å². The van der Waals surface area contributed by atoms with E-state index in [0.717, 1.165) is 11.5 Å². The number of aliphatic imine (C=N–C) groups is 1. The molecule has 2 rings (SSSR count). The van der Waals surface area contributed by atoms with E-state index in [4.69, 9.17) is 5.73 Å². The lowest BCUT2D eigenvalue weighted by Crippen LogP contribution is -2.14. The Morgan fingerprint density at radius 1 is 1.40 bits per heavy atom. The highest BCUT2D eigenvalue weighted by Crippen LogP contribution is 2.37. The zero-order valence-corrected chi connectivity index (χ0v) is 9.19. The summed E-state index contributed by atoms with van der Waals surface area (Å²) in [6.07, 6.45) is 3.76. The molecule has 2 N–H and O–H groups in total. The van der Waals surface area contributed by atoms with Gasteiger partial charge in [-0.25, -0.2) is 0 Å². The van der Waals surface area contributed by atoms with Gasteiger partial charge in [-0.05, 0) is 18.8 Å². The van der Waals surface area contributed by atoms with Crippen LogP contribution in [0, 0.1) is 5.92 Å². The van der Waals surface area contributed by atoms with Crippen LogP contribution in [0.3, 0.4) is 0 Å². The fraction of sp³-hybridized carbons (Fsp3) is 0.462. The first-order valence-electron chi connectivity index (χ1n) is 5.70. The van der Waals surface area contributed by atoms with Gasteiger partial charge in [0, 0.05) is 5.56 Å². The minimum atomic E-state index is 0.491. The lowest BCUT2D eigenvalue weighted by molar-refractivity contribution is 0.684. The molecule has 80 valence electrons. The van der Waals surface area contributed by atoms with Gasteiger partial charge in [0.05, 0.1) is 6.04 Å². The Labute approximate surface area is 91.2 Å². The molecule has 1 aliphatic rings. The number of hydrogen-bond donors (Lipinski definition) is 1. The third-order valence-electron chi connectivity index (χ3n) is 2.92. The molecule has 2 atom stereocenters. The predicted octanol–water partition coefficient (Wildman–Crippen LogP) is 2.58. The van der Waals surface area contributed by atoms with Crippen molar-refractivity contribution in [3.05, 3.63) is 35.9 Å². The first-order valence-corrected chi connectivity index (χ1v) is 5.70. The molecular weight excluding hydrogens is 184 g/mol. The van der Waals surface area contributed by atoms with Gasteiger partial charge < -0.3 is 5.73 Å². The van der Waals surface area contributed by atoms with Gasteiger partial charge in [-0.1, -0.05) is 43.7 Å². The van der Waals surface area contributed by atoms with Gasteiger partial charge in [0.25, 0.3) is 0 Å². The molecule has 1 aromatic rings. The maximum absolute atomic E-state index is 5.94. The highest BCUT2D eigenvalue weighted by molar-refractivity contribution is 5.97. The van der Waals surface area contributed by atoms with Crippen LogP contribution in [0.1, 0.15) is 31.7 Å². The molecule has 0 heterocycles. The lowest BCUT2D eigenvalue weighted by atomic mass is 10.2. The molecule has 15 heavy (non-hydrogen) atoms. The molecule has 0 aliphatic heterocycles. The summed E-state index contributed by atoms with van der Waals surface area (Å²) in [5.41, 5.74) is 6.99. The van der Waals surface area contributed by atoms with Gasteiger partial charge in [-0.2, -0.15) is 0 Å². The van der Waals surface area contributed by atoms with Crippen molar-refractivity contribution in [3.63, 3.8) is 0 Å². The van der Waals surface area contributed by atoms with Crippen molar-refractivity contribution in [2.24, 2.45) is 16.6 Å². The summed E-state index contributed by atoms with van der Waals surface area (Å²) in [7, 11) is 0. The van der Waals surface area contributed by atoms with Crippen LogP contribution in [-0.4, -0.2) is 11.9 Å². The fourth-order valence-electron chi connectivity index (χ4n) is 1.93. The normalized spacial score (nSPS) is 25.3. The number of rotatable bonds is 4. The quantitative estimate of drug-likeness (QED) is 0.591. The standard InChI is InChI=1S/C13H18N2/c1-2-6-11-9-12(11)15-13(14)10-7-4-3-5-8-10/h3-5,7-8,11-12H,2,6,9H2,1H3,(H2,14,15). The largest absolute Gasteiger partial charge is 0.383 e. The van der Waals surface area contributed by atoms with Crippen LogP contribution < -0.4 is 5.73 Å². The van der Waals surface area contributed by atoms with Crippen LogP contribution in [0.5, 0.6) is 0 Å². The van der Waals surface area contributed by atoms with Crippen LogP contribution in [0.25, 0.3) is 0 Å². The Balaban J connectivity index is 1.98. The van der Waals surface area contributed by atoms with Crippen LogP contribution >= 0.6 is 0 Å². The lowest BCUT2D eigenvalue weighted by Gasteiger charge is -2.00. The Morgan fingerprint density at radius 2 is 2.13 bits per heavy atom. The molecule has 2 heteroatoms. The molecule has 0 aromatic heterocycles. The molecule has 0 saturated heterocycles. The van der Waals surface area contributed by atoms with E-state index in [2.05, 4.69) is 11.9 Å². The Bertz CT molecular complexity index is 343. The van der Waals surface area contributed by atoms with Gasteiger partial charge in [0.1, 0.15) is 5.84 Å². The molecule has 1 aromatic carbocycles. The number of amidine groups is 1. The third kappa shape index (κ3) is 2.58. The van der Waals surface area contributed by atoms with Gasteiger partial charge in [0.15, 0.2) is 0 Å². The third-order valence-corrected chi connectivity index (χ3v) is 2.92. The molecule has 1 fully saturated rings. The molecule has 0 amide bonds. The molecule has 0 spiro atoms. The van der Waals surface area contributed by atoms with Crippen LogP contribution in [0.2, 0.25) is 0 Å². The van der Waals surface area contributed by atoms with Gasteiger partial charge in [0.2, 0.25) is 0 Å². The van der Waals surface area contributed by atoms with E-state index < -0.39 is 0 Å². The SMILES string of the molecule is CCCC1CC1N=C(N)c1ccccc1. The monoisotopic (exact) mass is 202 g/mol. The van der Waals surface area contributed by atoms with Crippen molar-refractivity contribution in [1.29, 1.82) is 0 Å². The maximum atomic E-state index is 5.94. The summed E-state index contributed by atoms with van der Waals surface area (Å²) in [6, 6.07) is 10.5. The van der Waals surface area contributed by atoms with E-state index in [-0.39, 0.29) is 0 Å².